The van der Waals surface area contributed by atoms with Crippen LogP contribution in [0, 0.1) is 5.82 Å². The zero-order valence-corrected chi connectivity index (χ0v) is 18.5. The molecular formula is C22H16Cl2FN7O. The number of benzene rings is 1. The average molecular weight is 484 g/mol. The van der Waals surface area contributed by atoms with Crippen LogP contribution >= 0.6 is 23.2 Å². The average Bonchev–Trinajstić information content (AvgIpc) is 3.49. The molecule has 1 aliphatic carbocycles. The predicted molar refractivity (Wildman–Crippen MR) is 123 cm³/mol. The van der Waals surface area contributed by atoms with Gasteiger partial charge in [-0.1, -0.05) is 23.2 Å². The number of nitrogens with zero attached hydrogens (tertiary/aromatic N) is 5. The Morgan fingerprint density at radius 1 is 1.09 bits per heavy atom. The molecule has 4 aromatic rings. The molecule has 3 aromatic heterocycles. The minimum Gasteiger partial charge on any atom is -0.397 e. The number of anilines is 2. The molecule has 3 N–H and O–H groups in total. The fourth-order valence-corrected chi connectivity index (χ4v) is 4.08. The zero-order chi connectivity index (χ0) is 23.1. The molecule has 1 saturated carbocycles. The van der Waals surface area contributed by atoms with Gasteiger partial charge in [0.1, 0.15) is 5.82 Å². The van der Waals surface area contributed by atoms with Gasteiger partial charge < -0.3 is 11.1 Å². The Labute approximate surface area is 197 Å². The van der Waals surface area contributed by atoms with Gasteiger partial charge in [-0.25, -0.2) is 9.37 Å². The number of nitrogen functional groups attached to an aromatic ring is 1. The lowest BCUT2D eigenvalue weighted by Gasteiger charge is -2.14. The van der Waals surface area contributed by atoms with Crippen molar-refractivity contribution in [1.29, 1.82) is 0 Å². The van der Waals surface area contributed by atoms with Crippen molar-refractivity contribution in [2.45, 2.75) is 18.8 Å². The summed E-state index contributed by atoms with van der Waals surface area (Å²) >= 11 is 12.6. The SMILES string of the molecule is Nc1cncc(C2CC2)c1-c1cc(Cl)c(C(=O)Nc2cnc(-n3nccn3)c(Cl)c2)cc1F. The minimum absolute atomic E-state index is 0.0348. The second kappa shape index (κ2) is 8.42. The maximum atomic E-state index is 15.2. The van der Waals surface area contributed by atoms with E-state index in [4.69, 9.17) is 28.9 Å². The van der Waals surface area contributed by atoms with Crippen LogP contribution in [0.4, 0.5) is 15.8 Å². The van der Waals surface area contributed by atoms with E-state index in [-0.39, 0.29) is 21.2 Å². The van der Waals surface area contributed by atoms with Gasteiger partial charge in [-0.15, -0.1) is 4.80 Å². The second-order valence-electron chi connectivity index (χ2n) is 7.58. The van der Waals surface area contributed by atoms with Gasteiger partial charge in [0, 0.05) is 17.3 Å². The summed E-state index contributed by atoms with van der Waals surface area (Å²) in [5.74, 6) is -0.622. The summed E-state index contributed by atoms with van der Waals surface area (Å²) in [6.45, 7) is 0. The van der Waals surface area contributed by atoms with Crippen LogP contribution in [0.1, 0.15) is 34.7 Å². The Hall–Kier alpha value is -3.56. The van der Waals surface area contributed by atoms with E-state index >= 15 is 4.39 Å². The summed E-state index contributed by atoms with van der Waals surface area (Å²) in [4.78, 5) is 22.4. The Balaban J connectivity index is 1.44. The van der Waals surface area contributed by atoms with Crippen molar-refractivity contribution >= 4 is 40.5 Å². The second-order valence-corrected chi connectivity index (χ2v) is 8.40. The highest BCUT2D eigenvalue weighted by molar-refractivity contribution is 6.35. The minimum atomic E-state index is -0.613. The number of carbonyl (C=O) groups is 1. The van der Waals surface area contributed by atoms with E-state index < -0.39 is 11.7 Å². The lowest BCUT2D eigenvalue weighted by Crippen LogP contribution is -2.14. The molecule has 1 aliphatic rings. The zero-order valence-electron chi connectivity index (χ0n) is 17.0. The Morgan fingerprint density at radius 2 is 1.85 bits per heavy atom. The first-order valence-electron chi connectivity index (χ1n) is 9.98. The molecule has 0 unspecified atom stereocenters. The van der Waals surface area contributed by atoms with Crippen LogP contribution in [-0.2, 0) is 0 Å². The third kappa shape index (κ3) is 4.12. The fourth-order valence-electron chi connectivity index (χ4n) is 3.59. The molecule has 0 atom stereocenters. The molecule has 33 heavy (non-hydrogen) atoms. The predicted octanol–water partition coefficient (Wildman–Crippen LogP) is 4.88. The Bertz CT molecular complexity index is 1370. The van der Waals surface area contributed by atoms with Crippen molar-refractivity contribution < 1.29 is 9.18 Å². The first kappa shape index (κ1) is 21.3. The number of hydrogen-bond donors (Lipinski definition) is 2. The first-order chi connectivity index (χ1) is 15.9. The fraction of sp³-hybridized carbons (Fsp3) is 0.136. The summed E-state index contributed by atoms with van der Waals surface area (Å²) in [5.41, 5.74) is 8.43. The Kier molecular flexibility index (Phi) is 5.43. The molecule has 1 amide bonds. The topological polar surface area (TPSA) is 112 Å². The lowest BCUT2D eigenvalue weighted by molar-refractivity contribution is 0.102. The third-order valence-electron chi connectivity index (χ3n) is 5.28. The van der Waals surface area contributed by atoms with Crippen molar-refractivity contribution in [2.24, 2.45) is 0 Å². The molecule has 0 aliphatic heterocycles. The molecule has 0 saturated heterocycles. The largest absolute Gasteiger partial charge is 0.397 e. The summed E-state index contributed by atoms with van der Waals surface area (Å²) in [6, 6.07) is 4.01. The van der Waals surface area contributed by atoms with Crippen LogP contribution in [0.5, 0.6) is 0 Å². The van der Waals surface area contributed by atoms with E-state index in [1.807, 2.05) is 0 Å². The molecule has 11 heteroatoms. The Morgan fingerprint density at radius 3 is 2.55 bits per heavy atom. The molecule has 166 valence electrons. The van der Waals surface area contributed by atoms with E-state index in [2.05, 4.69) is 25.5 Å². The van der Waals surface area contributed by atoms with E-state index in [1.54, 1.807) is 6.20 Å². The summed E-state index contributed by atoms with van der Waals surface area (Å²) in [7, 11) is 0. The number of nitrogens with one attached hydrogen (secondary N) is 1. The van der Waals surface area contributed by atoms with Crippen molar-refractivity contribution in [3.05, 3.63) is 76.2 Å². The standard InChI is InChI=1S/C22H16Cl2FN7O/c23-16-6-14(20-15(11-1-2-11)9-27-10-19(20)26)18(25)7-13(16)22(33)31-12-5-17(24)21(28-8-12)32-29-3-4-30-32/h3-11H,1-2,26H2,(H,31,33). The van der Waals surface area contributed by atoms with Crippen LogP contribution in [0.3, 0.4) is 0 Å². The number of nitrogens with two attached hydrogens (primary N) is 1. The van der Waals surface area contributed by atoms with Gasteiger partial charge in [0.25, 0.3) is 5.91 Å². The smallest absolute Gasteiger partial charge is 0.257 e. The summed E-state index contributed by atoms with van der Waals surface area (Å²) < 4.78 is 15.2. The monoisotopic (exact) mass is 483 g/mol. The van der Waals surface area contributed by atoms with Gasteiger partial charge in [0.15, 0.2) is 5.82 Å². The van der Waals surface area contributed by atoms with Crippen LogP contribution in [0.2, 0.25) is 10.0 Å². The molecule has 0 radical (unpaired) electrons. The van der Waals surface area contributed by atoms with Gasteiger partial charge in [0.2, 0.25) is 0 Å². The molecule has 1 fully saturated rings. The molecule has 0 bridgehead atoms. The van der Waals surface area contributed by atoms with Gasteiger partial charge in [0.05, 0.1) is 51.8 Å². The van der Waals surface area contributed by atoms with Gasteiger partial charge >= 0.3 is 0 Å². The number of amides is 1. The highest BCUT2D eigenvalue weighted by Crippen LogP contribution is 2.46. The molecule has 1 aromatic carbocycles. The molecule has 8 nitrogen and oxygen atoms in total. The van der Waals surface area contributed by atoms with Gasteiger partial charge in [-0.2, -0.15) is 10.2 Å². The van der Waals surface area contributed by atoms with E-state index in [9.17, 15) is 4.79 Å². The number of hydrogen-bond acceptors (Lipinski definition) is 6. The summed E-state index contributed by atoms with van der Waals surface area (Å²) in [5, 5.41) is 10.9. The quantitative estimate of drug-likeness (QED) is 0.418. The number of pyridine rings is 2. The molecule has 0 spiro atoms. The van der Waals surface area contributed by atoms with Crippen molar-refractivity contribution in [2.75, 3.05) is 11.1 Å². The molecule has 5 rings (SSSR count). The maximum Gasteiger partial charge on any atom is 0.257 e. The highest BCUT2D eigenvalue weighted by atomic mass is 35.5. The lowest BCUT2D eigenvalue weighted by atomic mass is 9.95. The molecular weight excluding hydrogens is 468 g/mol. The first-order valence-corrected chi connectivity index (χ1v) is 10.7. The van der Waals surface area contributed by atoms with Gasteiger partial charge in [-0.05, 0) is 42.5 Å². The van der Waals surface area contributed by atoms with Gasteiger partial charge in [-0.3, -0.25) is 9.78 Å². The highest BCUT2D eigenvalue weighted by Gasteiger charge is 2.29. The number of carbonyl (C=O) groups excluding carboxylic acids is 1. The van der Waals surface area contributed by atoms with Crippen LogP contribution < -0.4 is 11.1 Å². The molecule has 3 heterocycles. The third-order valence-corrected chi connectivity index (χ3v) is 5.87. The van der Waals surface area contributed by atoms with E-state index in [0.29, 0.717) is 28.7 Å². The number of aromatic nitrogens is 5. The number of halogens is 3. The normalized spacial score (nSPS) is 13.2. The number of rotatable bonds is 5. The van der Waals surface area contributed by atoms with Crippen molar-refractivity contribution in [3.63, 3.8) is 0 Å². The summed E-state index contributed by atoms with van der Waals surface area (Å²) in [6.07, 6.45) is 9.55. The van der Waals surface area contributed by atoms with Crippen LogP contribution in [-0.4, -0.2) is 30.9 Å². The van der Waals surface area contributed by atoms with Crippen molar-refractivity contribution in [1.82, 2.24) is 25.0 Å². The maximum absolute atomic E-state index is 15.2. The van der Waals surface area contributed by atoms with E-state index in [0.717, 1.165) is 24.5 Å². The van der Waals surface area contributed by atoms with Crippen LogP contribution in [0.25, 0.3) is 16.9 Å². The van der Waals surface area contributed by atoms with Crippen LogP contribution in [0.15, 0.2) is 49.2 Å². The van der Waals surface area contributed by atoms with Crippen molar-refractivity contribution in [3.8, 4) is 16.9 Å². The van der Waals surface area contributed by atoms with E-state index in [1.165, 1.54) is 41.7 Å².